The zero-order valence-electron chi connectivity index (χ0n) is 17.0. The molecule has 1 aromatic rings. The van der Waals surface area contributed by atoms with Crippen molar-refractivity contribution in [3.63, 3.8) is 0 Å². The number of carboxylic acid groups (broad SMARTS) is 1. The third kappa shape index (κ3) is 5.81. The van der Waals surface area contributed by atoms with E-state index in [1.54, 1.807) is 4.90 Å². The maximum Gasteiger partial charge on any atom is 0.308 e. The Morgan fingerprint density at radius 1 is 1.04 bits per heavy atom. The van der Waals surface area contributed by atoms with E-state index in [4.69, 9.17) is 0 Å². The first-order valence-electron chi connectivity index (χ1n) is 10.3. The normalized spacial score (nSPS) is 18.9. The van der Waals surface area contributed by atoms with Gasteiger partial charge in [0, 0.05) is 44.9 Å². The molecule has 0 aliphatic carbocycles. The maximum absolute atomic E-state index is 12.6. The van der Waals surface area contributed by atoms with E-state index in [0.29, 0.717) is 19.4 Å². The van der Waals surface area contributed by atoms with E-state index in [9.17, 15) is 19.5 Å². The summed E-state index contributed by atoms with van der Waals surface area (Å²) in [5.74, 6) is -1.60. The number of amides is 2. The molecule has 1 aliphatic heterocycles. The summed E-state index contributed by atoms with van der Waals surface area (Å²) in [4.78, 5) is 40.1. The molecule has 2 rings (SSSR count). The van der Waals surface area contributed by atoms with E-state index in [1.165, 1.54) is 0 Å². The van der Waals surface area contributed by atoms with Crippen molar-refractivity contribution in [2.75, 3.05) is 26.2 Å². The van der Waals surface area contributed by atoms with Crippen molar-refractivity contribution in [1.29, 1.82) is 0 Å². The van der Waals surface area contributed by atoms with Crippen molar-refractivity contribution in [2.45, 2.75) is 51.9 Å². The molecule has 6 nitrogen and oxygen atoms in total. The SMILES string of the molecule is CCCN(CCC)C(=O)CCCC(=O)N1CC(C(=O)O)C(c2ccccc2)C1. The highest BCUT2D eigenvalue weighted by molar-refractivity contribution is 5.81. The van der Waals surface area contributed by atoms with Crippen molar-refractivity contribution < 1.29 is 19.5 Å². The van der Waals surface area contributed by atoms with Crippen LogP contribution in [0.2, 0.25) is 0 Å². The minimum Gasteiger partial charge on any atom is -0.481 e. The summed E-state index contributed by atoms with van der Waals surface area (Å²) in [6.45, 7) is 6.27. The van der Waals surface area contributed by atoms with Gasteiger partial charge in [-0.05, 0) is 24.8 Å². The van der Waals surface area contributed by atoms with Crippen LogP contribution >= 0.6 is 0 Å². The number of hydrogen-bond donors (Lipinski definition) is 1. The first kappa shape index (κ1) is 21.9. The number of hydrogen-bond acceptors (Lipinski definition) is 3. The van der Waals surface area contributed by atoms with Gasteiger partial charge >= 0.3 is 5.97 Å². The van der Waals surface area contributed by atoms with Crippen LogP contribution in [0.25, 0.3) is 0 Å². The predicted molar refractivity (Wildman–Crippen MR) is 108 cm³/mol. The van der Waals surface area contributed by atoms with Gasteiger partial charge in [-0.15, -0.1) is 0 Å². The number of carboxylic acids is 1. The second-order valence-electron chi connectivity index (χ2n) is 7.49. The molecule has 2 unspecified atom stereocenters. The van der Waals surface area contributed by atoms with Crippen LogP contribution < -0.4 is 0 Å². The number of aliphatic carboxylic acids is 1. The molecular weight excluding hydrogens is 356 g/mol. The smallest absolute Gasteiger partial charge is 0.308 e. The lowest BCUT2D eigenvalue weighted by atomic mass is 9.89. The zero-order chi connectivity index (χ0) is 20.5. The topological polar surface area (TPSA) is 77.9 Å². The Bertz CT molecular complexity index is 656. The van der Waals surface area contributed by atoms with Crippen LogP contribution in [0.15, 0.2) is 30.3 Å². The summed E-state index contributed by atoms with van der Waals surface area (Å²) < 4.78 is 0. The zero-order valence-corrected chi connectivity index (χ0v) is 17.0. The minimum atomic E-state index is -0.867. The largest absolute Gasteiger partial charge is 0.481 e. The van der Waals surface area contributed by atoms with Crippen LogP contribution in [0.4, 0.5) is 0 Å². The molecule has 0 spiro atoms. The standard InChI is InChI=1S/C22H32N2O4/c1-3-13-23(14-4-2)20(25)11-8-12-21(26)24-15-18(19(16-24)22(27)28)17-9-6-5-7-10-17/h5-7,9-10,18-19H,3-4,8,11-16H2,1-2H3,(H,27,28). The van der Waals surface area contributed by atoms with Gasteiger partial charge in [-0.1, -0.05) is 44.2 Å². The Morgan fingerprint density at radius 2 is 1.68 bits per heavy atom. The fourth-order valence-electron chi connectivity index (χ4n) is 3.90. The lowest BCUT2D eigenvalue weighted by Gasteiger charge is -2.21. The van der Waals surface area contributed by atoms with Crippen molar-refractivity contribution in [1.82, 2.24) is 9.80 Å². The van der Waals surface area contributed by atoms with Crippen LogP contribution in [0.3, 0.4) is 0 Å². The van der Waals surface area contributed by atoms with E-state index < -0.39 is 11.9 Å². The van der Waals surface area contributed by atoms with Gasteiger partial charge in [-0.3, -0.25) is 14.4 Å². The van der Waals surface area contributed by atoms with E-state index in [2.05, 4.69) is 13.8 Å². The summed E-state index contributed by atoms with van der Waals surface area (Å²) in [7, 11) is 0. The van der Waals surface area contributed by atoms with Gasteiger partial charge in [0.15, 0.2) is 0 Å². The highest BCUT2D eigenvalue weighted by Gasteiger charge is 2.40. The van der Waals surface area contributed by atoms with E-state index in [1.807, 2.05) is 35.2 Å². The molecule has 1 fully saturated rings. The lowest BCUT2D eigenvalue weighted by Crippen LogP contribution is -2.33. The van der Waals surface area contributed by atoms with Crippen LogP contribution in [-0.2, 0) is 14.4 Å². The average molecular weight is 389 g/mol. The molecule has 0 saturated carbocycles. The summed E-state index contributed by atoms with van der Waals surface area (Å²) in [5, 5.41) is 9.57. The van der Waals surface area contributed by atoms with Crippen molar-refractivity contribution >= 4 is 17.8 Å². The number of likely N-dealkylation sites (tertiary alicyclic amines) is 1. The molecule has 0 radical (unpaired) electrons. The molecule has 28 heavy (non-hydrogen) atoms. The summed E-state index contributed by atoms with van der Waals surface area (Å²) in [6, 6.07) is 9.52. The van der Waals surface area contributed by atoms with Crippen LogP contribution in [0, 0.1) is 5.92 Å². The molecule has 1 saturated heterocycles. The number of benzene rings is 1. The van der Waals surface area contributed by atoms with Gasteiger partial charge in [0.05, 0.1) is 5.92 Å². The molecule has 1 aromatic carbocycles. The van der Waals surface area contributed by atoms with Crippen LogP contribution in [0.5, 0.6) is 0 Å². The molecule has 6 heteroatoms. The molecule has 0 aromatic heterocycles. The highest BCUT2D eigenvalue weighted by Crippen LogP contribution is 2.33. The molecule has 0 bridgehead atoms. The summed E-state index contributed by atoms with van der Waals surface area (Å²) in [5.41, 5.74) is 0.954. The predicted octanol–water partition coefficient (Wildman–Crippen LogP) is 3.13. The molecule has 2 amide bonds. The van der Waals surface area contributed by atoms with Crippen molar-refractivity contribution in [2.24, 2.45) is 5.92 Å². The van der Waals surface area contributed by atoms with Crippen molar-refractivity contribution in [3.8, 4) is 0 Å². The van der Waals surface area contributed by atoms with Gasteiger partial charge < -0.3 is 14.9 Å². The van der Waals surface area contributed by atoms with Gasteiger partial charge in [-0.2, -0.15) is 0 Å². The molecule has 2 atom stereocenters. The lowest BCUT2D eigenvalue weighted by molar-refractivity contribution is -0.141. The molecule has 1 N–H and O–H groups in total. The van der Waals surface area contributed by atoms with E-state index in [-0.39, 0.29) is 30.7 Å². The monoisotopic (exact) mass is 388 g/mol. The Morgan fingerprint density at radius 3 is 2.25 bits per heavy atom. The van der Waals surface area contributed by atoms with Gasteiger partial charge in [-0.25, -0.2) is 0 Å². The van der Waals surface area contributed by atoms with Crippen molar-refractivity contribution in [3.05, 3.63) is 35.9 Å². The Hall–Kier alpha value is -2.37. The van der Waals surface area contributed by atoms with Gasteiger partial charge in [0.1, 0.15) is 0 Å². The van der Waals surface area contributed by atoms with E-state index >= 15 is 0 Å². The van der Waals surface area contributed by atoms with Crippen LogP contribution in [0.1, 0.15) is 57.4 Å². The van der Waals surface area contributed by atoms with Crippen LogP contribution in [-0.4, -0.2) is 58.9 Å². The maximum atomic E-state index is 12.6. The van der Waals surface area contributed by atoms with E-state index in [0.717, 1.165) is 31.5 Å². The van der Waals surface area contributed by atoms with Gasteiger partial charge in [0.25, 0.3) is 0 Å². The Balaban J connectivity index is 1.89. The first-order chi connectivity index (χ1) is 13.5. The number of nitrogens with zero attached hydrogens (tertiary/aromatic N) is 2. The number of carbonyl (C=O) groups excluding carboxylic acids is 2. The highest BCUT2D eigenvalue weighted by atomic mass is 16.4. The Kier molecular flexibility index (Phi) is 8.48. The number of rotatable bonds is 10. The Labute approximate surface area is 167 Å². The first-order valence-corrected chi connectivity index (χ1v) is 10.3. The average Bonchev–Trinajstić information content (AvgIpc) is 3.14. The summed E-state index contributed by atoms with van der Waals surface area (Å²) in [6.07, 6.45) is 3.01. The fraction of sp³-hybridized carbons (Fsp3) is 0.591. The second-order valence-corrected chi connectivity index (χ2v) is 7.49. The van der Waals surface area contributed by atoms with Gasteiger partial charge in [0.2, 0.25) is 11.8 Å². The third-order valence-corrected chi connectivity index (χ3v) is 5.34. The summed E-state index contributed by atoms with van der Waals surface area (Å²) >= 11 is 0. The third-order valence-electron chi connectivity index (χ3n) is 5.34. The minimum absolute atomic E-state index is 0.0602. The molecule has 1 heterocycles. The molecule has 1 aliphatic rings. The fourth-order valence-corrected chi connectivity index (χ4v) is 3.90. The molecule has 154 valence electrons. The second kappa shape index (κ2) is 10.8. The number of carbonyl (C=O) groups is 3. The quantitative estimate of drug-likeness (QED) is 0.668. The molecular formula is C22H32N2O4.